The zero-order chi connectivity index (χ0) is 13.0. The van der Waals surface area contributed by atoms with Crippen LogP contribution < -0.4 is 5.32 Å². The Morgan fingerprint density at radius 2 is 2.39 bits per heavy atom. The molecule has 0 aliphatic carbocycles. The molecule has 0 radical (unpaired) electrons. The molecule has 0 atom stereocenters. The Bertz CT molecular complexity index is 543. The molecule has 18 heavy (non-hydrogen) atoms. The first-order valence-corrected chi connectivity index (χ1v) is 6.45. The molecule has 1 heterocycles. The maximum Gasteiger partial charge on any atom is 0.340 e. The number of carbonyl (C=O) groups excluding carboxylic acids is 1. The van der Waals surface area contributed by atoms with E-state index >= 15 is 0 Å². The fourth-order valence-corrected chi connectivity index (χ4v) is 2.17. The van der Waals surface area contributed by atoms with Gasteiger partial charge in [0.1, 0.15) is 0 Å². The van der Waals surface area contributed by atoms with Gasteiger partial charge in [0.25, 0.3) is 0 Å². The van der Waals surface area contributed by atoms with Gasteiger partial charge >= 0.3 is 5.97 Å². The maximum atomic E-state index is 11.6. The van der Waals surface area contributed by atoms with E-state index in [1.165, 1.54) is 7.11 Å². The maximum absolute atomic E-state index is 11.6. The monoisotopic (exact) mass is 282 g/mol. The van der Waals surface area contributed by atoms with E-state index in [0.717, 1.165) is 4.88 Å². The first-order valence-electron chi connectivity index (χ1n) is 5.20. The molecule has 0 aliphatic heterocycles. The number of thiazole rings is 1. The topological polar surface area (TPSA) is 51.2 Å². The van der Waals surface area contributed by atoms with E-state index in [2.05, 4.69) is 10.3 Å². The average molecular weight is 283 g/mol. The summed E-state index contributed by atoms with van der Waals surface area (Å²) in [6.45, 7) is 0.607. The zero-order valence-electron chi connectivity index (χ0n) is 9.64. The summed E-state index contributed by atoms with van der Waals surface area (Å²) in [5.74, 6) is -0.413. The van der Waals surface area contributed by atoms with Gasteiger partial charge in [0, 0.05) is 21.8 Å². The number of hydrogen-bond acceptors (Lipinski definition) is 5. The number of benzene rings is 1. The van der Waals surface area contributed by atoms with Crippen LogP contribution in [0.1, 0.15) is 15.2 Å². The molecule has 2 rings (SSSR count). The van der Waals surface area contributed by atoms with Gasteiger partial charge in [-0.3, -0.25) is 4.98 Å². The van der Waals surface area contributed by atoms with E-state index < -0.39 is 5.97 Å². The number of nitrogens with zero attached hydrogens (tertiary/aromatic N) is 1. The fourth-order valence-electron chi connectivity index (χ4n) is 1.46. The van der Waals surface area contributed by atoms with Gasteiger partial charge in [-0.2, -0.15) is 0 Å². The Kier molecular flexibility index (Phi) is 4.17. The number of hydrogen-bond donors (Lipinski definition) is 1. The SMILES string of the molecule is COC(=O)c1cc(Cl)ccc1NCc1cncs1. The smallest absolute Gasteiger partial charge is 0.340 e. The van der Waals surface area contributed by atoms with E-state index in [4.69, 9.17) is 16.3 Å². The lowest BCUT2D eigenvalue weighted by Crippen LogP contribution is -2.07. The second-order valence-corrected chi connectivity index (χ2v) is 4.91. The highest BCUT2D eigenvalue weighted by Crippen LogP contribution is 2.22. The van der Waals surface area contributed by atoms with Crippen molar-refractivity contribution in [3.05, 3.63) is 45.4 Å². The van der Waals surface area contributed by atoms with Crippen LogP contribution in [0.5, 0.6) is 0 Å². The molecule has 4 nitrogen and oxygen atoms in total. The normalized spacial score (nSPS) is 10.1. The molecule has 0 amide bonds. The van der Waals surface area contributed by atoms with Crippen LogP contribution in [0.25, 0.3) is 0 Å². The highest BCUT2D eigenvalue weighted by atomic mass is 35.5. The third kappa shape index (κ3) is 3.00. The predicted molar refractivity (Wildman–Crippen MR) is 72.2 cm³/mol. The molecule has 1 N–H and O–H groups in total. The molecule has 1 aromatic carbocycles. The van der Waals surface area contributed by atoms with Crippen molar-refractivity contribution in [1.29, 1.82) is 0 Å². The third-order valence-electron chi connectivity index (χ3n) is 2.32. The summed E-state index contributed by atoms with van der Waals surface area (Å²) in [6, 6.07) is 5.07. The van der Waals surface area contributed by atoms with Gasteiger partial charge in [0.05, 0.1) is 24.7 Å². The van der Waals surface area contributed by atoms with Crippen molar-refractivity contribution in [2.45, 2.75) is 6.54 Å². The molecule has 0 fully saturated rings. The fraction of sp³-hybridized carbons (Fsp3) is 0.167. The first-order chi connectivity index (χ1) is 8.70. The lowest BCUT2D eigenvalue weighted by molar-refractivity contribution is 0.0602. The lowest BCUT2D eigenvalue weighted by atomic mass is 10.2. The minimum atomic E-state index is -0.413. The standard InChI is InChI=1S/C12H11ClN2O2S/c1-17-12(16)10-4-8(13)2-3-11(10)15-6-9-5-14-7-18-9/h2-5,7,15H,6H2,1H3. The van der Waals surface area contributed by atoms with E-state index in [1.54, 1.807) is 41.2 Å². The molecule has 94 valence electrons. The van der Waals surface area contributed by atoms with Crippen LogP contribution in [-0.4, -0.2) is 18.1 Å². The molecule has 0 saturated carbocycles. The molecular weight excluding hydrogens is 272 g/mol. The number of methoxy groups -OCH3 is 1. The Labute approximate surface area is 114 Å². The van der Waals surface area contributed by atoms with Crippen molar-refractivity contribution >= 4 is 34.6 Å². The van der Waals surface area contributed by atoms with Gasteiger partial charge in [-0.1, -0.05) is 11.6 Å². The van der Waals surface area contributed by atoms with Crippen molar-refractivity contribution in [2.75, 3.05) is 12.4 Å². The quantitative estimate of drug-likeness (QED) is 0.875. The van der Waals surface area contributed by atoms with Crippen LogP contribution >= 0.6 is 22.9 Å². The van der Waals surface area contributed by atoms with Crippen LogP contribution in [-0.2, 0) is 11.3 Å². The van der Waals surface area contributed by atoms with Crippen LogP contribution in [0.3, 0.4) is 0 Å². The third-order valence-corrected chi connectivity index (χ3v) is 3.34. The van der Waals surface area contributed by atoms with E-state index in [-0.39, 0.29) is 0 Å². The minimum Gasteiger partial charge on any atom is -0.465 e. The lowest BCUT2D eigenvalue weighted by Gasteiger charge is -2.10. The number of esters is 1. The Morgan fingerprint density at radius 1 is 1.56 bits per heavy atom. The van der Waals surface area contributed by atoms with Crippen LogP contribution in [0.15, 0.2) is 29.9 Å². The van der Waals surface area contributed by atoms with Crippen LogP contribution in [0.4, 0.5) is 5.69 Å². The van der Waals surface area contributed by atoms with E-state index in [9.17, 15) is 4.79 Å². The Morgan fingerprint density at radius 3 is 3.06 bits per heavy atom. The summed E-state index contributed by atoms with van der Waals surface area (Å²) >= 11 is 7.42. The first kappa shape index (κ1) is 12.9. The molecule has 2 aromatic rings. The van der Waals surface area contributed by atoms with Crippen molar-refractivity contribution < 1.29 is 9.53 Å². The van der Waals surface area contributed by atoms with Gasteiger partial charge in [-0.05, 0) is 18.2 Å². The number of nitrogens with one attached hydrogen (secondary N) is 1. The number of anilines is 1. The van der Waals surface area contributed by atoms with Crippen LogP contribution in [0, 0.1) is 0 Å². The number of ether oxygens (including phenoxy) is 1. The highest BCUT2D eigenvalue weighted by Gasteiger charge is 2.12. The number of halogens is 1. The van der Waals surface area contributed by atoms with Crippen LogP contribution in [0.2, 0.25) is 5.02 Å². The molecule has 0 unspecified atom stereocenters. The summed E-state index contributed by atoms with van der Waals surface area (Å²) in [5.41, 5.74) is 2.88. The second kappa shape index (κ2) is 5.84. The largest absolute Gasteiger partial charge is 0.465 e. The van der Waals surface area contributed by atoms with Gasteiger partial charge < -0.3 is 10.1 Å². The molecular formula is C12H11ClN2O2S. The van der Waals surface area contributed by atoms with Gasteiger partial charge in [0.2, 0.25) is 0 Å². The molecule has 0 saturated heterocycles. The number of rotatable bonds is 4. The molecule has 0 spiro atoms. The van der Waals surface area contributed by atoms with Crippen molar-refractivity contribution in [3.63, 3.8) is 0 Å². The van der Waals surface area contributed by atoms with Crippen molar-refractivity contribution in [3.8, 4) is 0 Å². The minimum absolute atomic E-state index is 0.413. The highest BCUT2D eigenvalue weighted by molar-refractivity contribution is 7.09. The molecule has 6 heteroatoms. The Hall–Kier alpha value is -1.59. The predicted octanol–water partition coefficient (Wildman–Crippen LogP) is 3.20. The van der Waals surface area contributed by atoms with Gasteiger partial charge in [-0.25, -0.2) is 4.79 Å². The Balaban J connectivity index is 2.18. The average Bonchev–Trinajstić information content (AvgIpc) is 2.89. The summed E-state index contributed by atoms with van der Waals surface area (Å²) in [4.78, 5) is 16.7. The van der Waals surface area contributed by atoms with E-state index in [1.807, 2.05) is 0 Å². The number of aromatic nitrogens is 1. The van der Waals surface area contributed by atoms with Crippen molar-refractivity contribution in [2.24, 2.45) is 0 Å². The van der Waals surface area contributed by atoms with Gasteiger partial charge in [0.15, 0.2) is 0 Å². The summed E-state index contributed by atoms with van der Waals surface area (Å²) in [6.07, 6.45) is 1.78. The molecule has 0 aliphatic rings. The molecule has 0 bridgehead atoms. The summed E-state index contributed by atoms with van der Waals surface area (Å²) in [5, 5.41) is 3.67. The van der Waals surface area contributed by atoms with E-state index in [0.29, 0.717) is 22.8 Å². The number of carbonyl (C=O) groups is 1. The van der Waals surface area contributed by atoms with Crippen molar-refractivity contribution in [1.82, 2.24) is 4.98 Å². The summed E-state index contributed by atoms with van der Waals surface area (Å²) in [7, 11) is 1.34. The zero-order valence-corrected chi connectivity index (χ0v) is 11.2. The molecule has 1 aromatic heterocycles. The summed E-state index contributed by atoms with van der Waals surface area (Å²) < 4.78 is 4.72. The second-order valence-electron chi connectivity index (χ2n) is 3.50. The van der Waals surface area contributed by atoms with Gasteiger partial charge in [-0.15, -0.1) is 11.3 Å².